The number of rotatable bonds is 8. The van der Waals surface area contributed by atoms with Gasteiger partial charge < -0.3 is 14.2 Å². The van der Waals surface area contributed by atoms with Crippen molar-refractivity contribution in [2.45, 2.75) is 23.5 Å². The van der Waals surface area contributed by atoms with Crippen LogP contribution >= 0.6 is 23.2 Å². The van der Waals surface area contributed by atoms with Crippen LogP contribution in [-0.4, -0.2) is 51.5 Å². The fourth-order valence-electron chi connectivity index (χ4n) is 3.79. The Morgan fingerprint density at radius 1 is 1.00 bits per heavy atom. The smallest absolute Gasteiger partial charge is 0.348 e. The Bertz CT molecular complexity index is 1370. The van der Waals surface area contributed by atoms with Gasteiger partial charge in [0, 0.05) is 26.1 Å². The van der Waals surface area contributed by atoms with Crippen LogP contribution in [0.3, 0.4) is 0 Å². The summed E-state index contributed by atoms with van der Waals surface area (Å²) in [7, 11) is -1.16. The standard InChI is InChI=1S/C26H23Cl2NO7S/c1-29(2)37(32,33)20-14-18-13-19(35-25(18)23(28)22(20)27)26(31)34-15-21(30)36-24(16-9-5-3-6-10-16)17-11-7-4-8-12-17/h3-12,14,19,24H,13,15H2,1-2H3. The summed E-state index contributed by atoms with van der Waals surface area (Å²) in [6, 6.07) is 19.7. The first-order chi connectivity index (χ1) is 17.6. The molecule has 194 valence electrons. The molecule has 0 saturated heterocycles. The minimum atomic E-state index is -3.88. The average molecular weight is 564 g/mol. The summed E-state index contributed by atoms with van der Waals surface area (Å²) in [5.74, 6) is -1.47. The number of hydrogen-bond donors (Lipinski definition) is 0. The maximum atomic E-state index is 12.7. The van der Waals surface area contributed by atoms with Gasteiger partial charge in [-0.3, -0.25) is 0 Å². The van der Waals surface area contributed by atoms with Gasteiger partial charge in [0.15, 0.2) is 18.8 Å². The Morgan fingerprint density at radius 2 is 1.57 bits per heavy atom. The van der Waals surface area contributed by atoms with Gasteiger partial charge in [-0.15, -0.1) is 0 Å². The molecule has 11 heteroatoms. The summed E-state index contributed by atoms with van der Waals surface area (Å²) in [6.45, 7) is -0.639. The molecule has 0 spiro atoms. The van der Waals surface area contributed by atoms with E-state index in [9.17, 15) is 18.0 Å². The Kier molecular flexibility index (Phi) is 8.08. The molecule has 0 aromatic heterocycles. The first-order valence-corrected chi connectivity index (χ1v) is 13.3. The summed E-state index contributed by atoms with van der Waals surface area (Å²) >= 11 is 12.4. The molecule has 0 saturated carbocycles. The summed E-state index contributed by atoms with van der Waals surface area (Å²) in [4.78, 5) is 25.1. The maximum absolute atomic E-state index is 12.7. The van der Waals surface area contributed by atoms with Crippen molar-refractivity contribution in [2.24, 2.45) is 0 Å². The molecule has 1 unspecified atom stereocenters. The molecule has 8 nitrogen and oxygen atoms in total. The highest BCUT2D eigenvalue weighted by molar-refractivity contribution is 7.89. The molecule has 1 heterocycles. The average Bonchev–Trinajstić information content (AvgIpc) is 3.33. The van der Waals surface area contributed by atoms with Crippen molar-refractivity contribution in [3.05, 3.63) is 93.5 Å². The van der Waals surface area contributed by atoms with Crippen LogP contribution in [0, 0.1) is 0 Å². The summed E-state index contributed by atoms with van der Waals surface area (Å²) in [6.07, 6.45) is -1.82. The van der Waals surface area contributed by atoms with Crippen LogP contribution in [-0.2, 0) is 35.5 Å². The first-order valence-electron chi connectivity index (χ1n) is 11.2. The molecular weight excluding hydrogens is 541 g/mol. The van der Waals surface area contributed by atoms with Crippen LogP contribution in [0.25, 0.3) is 0 Å². The van der Waals surface area contributed by atoms with Crippen molar-refractivity contribution in [3.63, 3.8) is 0 Å². The zero-order chi connectivity index (χ0) is 26.7. The molecule has 1 aliphatic rings. The van der Waals surface area contributed by atoms with Crippen LogP contribution < -0.4 is 4.74 Å². The lowest BCUT2D eigenvalue weighted by Gasteiger charge is -2.19. The molecule has 37 heavy (non-hydrogen) atoms. The van der Waals surface area contributed by atoms with Gasteiger partial charge in [0.2, 0.25) is 10.0 Å². The number of esters is 2. The van der Waals surface area contributed by atoms with Crippen molar-refractivity contribution in [2.75, 3.05) is 20.7 Å². The minimum Gasteiger partial charge on any atom is -0.476 e. The summed E-state index contributed by atoms with van der Waals surface area (Å²) in [5, 5.41) is -0.331. The molecule has 0 bridgehead atoms. The summed E-state index contributed by atoms with van der Waals surface area (Å²) < 4.78 is 42.6. The van der Waals surface area contributed by atoms with Crippen molar-refractivity contribution in [3.8, 4) is 5.75 Å². The van der Waals surface area contributed by atoms with Crippen LogP contribution in [0.5, 0.6) is 5.75 Å². The Balaban J connectivity index is 1.43. The number of sulfonamides is 1. The van der Waals surface area contributed by atoms with E-state index in [1.165, 1.54) is 20.2 Å². The third-order valence-electron chi connectivity index (χ3n) is 5.68. The fraction of sp³-hybridized carbons (Fsp3) is 0.231. The predicted octanol–water partition coefficient (Wildman–Crippen LogP) is 4.42. The number of hydrogen-bond acceptors (Lipinski definition) is 7. The van der Waals surface area contributed by atoms with E-state index in [1.807, 2.05) is 60.7 Å². The number of fused-ring (bicyclic) bond motifs is 1. The van der Waals surface area contributed by atoms with E-state index >= 15 is 0 Å². The maximum Gasteiger partial charge on any atom is 0.348 e. The highest BCUT2D eigenvalue weighted by Gasteiger charge is 2.36. The zero-order valence-electron chi connectivity index (χ0n) is 19.9. The van der Waals surface area contributed by atoms with Gasteiger partial charge in [0.25, 0.3) is 0 Å². The molecule has 3 aromatic rings. The molecule has 1 atom stereocenters. The molecule has 0 aliphatic carbocycles. The Morgan fingerprint density at radius 3 is 2.11 bits per heavy atom. The van der Waals surface area contributed by atoms with Gasteiger partial charge in [-0.05, 0) is 17.2 Å². The molecule has 4 rings (SSSR count). The Hall–Kier alpha value is -3.11. The molecular formula is C26H23Cl2NO7S. The highest BCUT2D eigenvalue weighted by atomic mass is 35.5. The molecule has 0 amide bonds. The van der Waals surface area contributed by atoms with Gasteiger partial charge in [0.1, 0.15) is 15.7 Å². The van der Waals surface area contributed by atoms with Crippen molar-refractivity contribution >= 4 is 45.2 Å². The minimum absolute atomic E-state index is 0.00723. The lowest BCUT2D eigenvalue weighted by Crippen LogP contribution is -2.30. The van der Waals surface area contributed by atoms with Gasteiger partial charge in [-0.25, -0.2) is 22.3 Å². The van der Waals surface area contributed by atoms with E-state index in [2.05, 4.69) is 0 Å². The number of nitrogens with zero attached hydrogens (tertiary/aromatic N) is 1. The molecule has 0 N–H and O–H groups in total. The molecule has 1 aliphatic heterocycles. The third-order valence-corrected chi connectivity index (χ3v) is 8.48. The number of carbonyl (C=O) groups is 2. The van der Waals surface area contributed by atoms with E-state index < -0.39 is 40.8 Å². The predicted molar refractivity (Wildman–Crippen MR) is 137 cm³/mol. The first kappa shape index (κ1) is 26.9. The van der Waals surface area contributed by atoms with Crippen molar-refractivity contribution in [1.82, 2.24) is 4.31 Å². The number of benzene rings is 3. The number of halogens is 2. The SMILES string of the molecule is CN(C)S(=O)(=O)c1cc2c(c(Cl)c1Cl)OC(C(=O)OCC(=O)OC(c1ccccc1)c1ccccc1)C2. The second-order valence-electron chi connectivity index (χ2n) is 8.39. The van der Waals surface area contributed by atoms with Gasteiger partial charge in [-0.2, -0.15) is 0 Å². The van der Waals surface area contributed by atoms with Crippen molar-refractivity contribution in [1.29, 1.82) is 0 Å². The van der Waals surface area contributed by atoms with E-state index in [0.29, 0.717) is 5.56 Å². The topological polar surface area (TPSA) is 99.2 Å². The summed E-state index contributed by atoms with van der Waals surface area (Å²) in [5.41, 5.74) is 1.91. The highest BCUT2D eigenvalue weighted by Crippen LogP contribution is 2.44. The van der Waals surface area contributed by atoms with Crippen LogP contribution in [0.2, 0.25) is 10.0 Å². The monoisotopic (exact) mass is 563 g/mol. The number of ether oxygens (including phenoxy) is 3. The van der Waals surface area contributed by atoms with E-state index in [4.69, 9.17) is 37.4 Å². The second kappa shape index (κ2) is 11.1. The lowest BCUT2D eigenvalue weighted by atomic mass is 10.0. The van der Waals surface area contributed by atoms with Crippen LogP contribution in [0.15, 0.2) is 71.6 Å². The Labute approximate surface area is 224 Å². The van der Waals surface area contributed by atoms with Crippen LogP contribution in [0.4, 0.5) is 0 Å². The van der Waals surface area contributed by atoms with E-state index in [1.54, 1.807) is 0 Å². The van der Waals surface area contributed by atoms with Crippen LogP contribution in [0.1, 0.15) is 22.8 Å². The third kappa shape index (κ3) is 5.75. The van der Waals surface area contributed by atoms with Crippen molar-refractivity contribution < 1.29 is 32.2 Å². The lowest BCUT2D eigenvalue weighted by molar-refractivity contribution is -0.164. The van der Waals surface area contributed by atoms with Gasteiger partial charge in [-0.1, -0.05) is 83.9 Å². The van der Waals surface area contributed by atoms with E-state index in [0.717, 1.165) is 15.4 Å². The van der Waals surface area contributed by atoms with Gasteiger partial charge >= 0.3 is 11.9 Å². The fourth-order valence-corrected chi connectivity index (χ4v) is 5.56. The normalized spacial score (nSPS) is 14.8. The largest absolute Gasteiger partial charge is 0.476 e. The molecule has 0 radical (unpaired) electrons. The second-order valence-corrected chi connectivity index (χ2v) is 11.3. The number of carbonyl (C=O) groups excluding carboxylic acids is 2. The van der Waals surface area contributed by atoms with E-state index in [-0.39, 0.29) is 27.1 Å². The molecule has 0 fully saturated rings. The quantitative estimate of drug-likeness (QED) is 0.374. The zero-order valence-corrected chi connectivity index (χ0v) is 22.2. The van der Waals surface area contributed by atoms with Gasteiger partial charge in [0.05, 0.1) is 5.02 Å². The molecule has 3 aromatic carbocycles.